The van der Waals surface area contributed by atoms with E-state index in [2.05, 4.69) is 45.0 Å². The summed E-state index contributed by atoms with van der Waals surface area (Å²) in [5.41, 5.74) is 5.48. The number of aliphatic carboxylic acids is 1. The highest BCUT2D eigenvalue weighted by molar-refractivity contribution is 6.13. The van der Waals surface area contributed by atoms with E-state index >= 15 is 0 Å². The fourth-order valence-corrected chi connectivity index (χ4v) is 4.92. The van der Waals surface area contributed by atoms with Crippen LogP contribution in [-0.2, 0) is 17.6 Å². The zero-order chi connectivity index (χ0) is 27.1. The average molecular weight is 512 g/mol. The molecule has 2 aromatic heterocycles. The van der Waals surface area contributed by atoms with E-state index in [1.165, 1.54) is 5.56 Å². The number of aromatic nitrogens is 1. The van der Waals surface area contributed by atoms with Crippen LogP contribution in [0.5, 0.6) is 5.75 Å². The molecule has 5 heteroatoms. The number of carbonyl (C=O) groups excluding carboxylic acids is 1. The van der Waals surface area contributed by atoms with Crippen LogP contribution >= 0.6 is 0 Å². The van der Waals surface area contributed by atoms with E-state index in [4.69, 9.17) is 9.84 Å². The van der Waals surface area contributed by atoms with Crippen LogP contribution in [0.25, 0.3) is 5.52 Å². The number of hydrogen-bond acceptors (Lipinski definition) is 3. The van der Waals surface area contributed by atoms with Gasteiger partial charge in [0.1, 0.15) is 11.9 Å². The summed E-state index contributed by atoms with van der Waals surface area (Å²) in [5, 5.41) is 8.99. The minimum atomic E-state index is -0.811. The monoisotopic (exact) mass is 511 g/mol. The zero-order valence-corrected chi connectivity index (χ0v) is 22.5. The van der Waals surface area contributed by atoms with Gasteiger partial charge in [-0.2, -0.15) is 0 Å². The Labute approximate surface area is 225 Å². The van der Waals surface area contributed by atoms with Crippen molar-refractivity contribution in [1.29, 1.82) is 0 Å². The molecule has 38 heavy (non-hydrogen) atoms. The Bertz CT molecular complexity index is 1370. The number of aryl methyl sites for hydroxylation is 1. The number of fused-ring (bicyclic) bond motifs is 1. The molecule has 0 fully saturated rings. The van der Waals surface area contributed by atoms with Crippen molar-refractivity contribution in [2.75, 3.05) is 0 Å². The number of carboxylic acid groups (broad SMARTS) is 1. The van der Waals surface area contributed by atoms with Crippen LogP contribution in [-0.4, -0.2) is 21.3 Å². The summed E-state index contributed by atoms with van der Waals surface area (Å²) in [6.07, 6.45) is 6.07. The molecule has 0 spiro atoms. The van der Waals surface area contributed by atoms with Gasteiger partial charge in [-0.25, -0.2) is 0 Å². The van der Waals surface area contributed by atoms with Gasteiger partial charge in [-0.15, -0.1) is 0 Å². The molecule has 0 amide bonds. The van der Waals surface area contributed by atoms with E-state index in [0.717, 1.165) is 41.8 Å². The Balaban J connectivity index is 1.50. The second-order valence-corrected chi connectivity index (χ2v) is 10.3. The summed E-state index contributed by atoms with van der Waals surface area (Å²) >= 11 is 0. The number of nitrogens with zero attached hydrogens (tertiary/aromatic N) is 1. The molecule has 198 valence electrons. The van der Waals surface area contributed by atoms with Gasteiger partial charge in [-0.3, -0.25) is 9.59 Å². The van der Waals surface area contributed by atoms with E-state index in [-0.39, 0.29) is 18.3 Å². The van der Waals surface area contributed by atoms with Gasteiger partial charge in [-0.05, 0) is 85.2 Å². The molecule has 0 unspecified atom stereocenters. The predicted molar refractivity (Wildman–Crippen MR) is 151 cm³/mol. The fourth-order valence-electron chi connectivity index (χ4n) is 4.92. The number of carboxylic acids is 1. The molecular weight excluding hydrogens is 474 g/mol. The van der Waals surface area contributed by atoms with Gasteiger partial charge in [-0.1, -0.05) is 57.5 Å². The second kappa shape index (κ2) is 12.6. The Morgan fingerprint density at radius 2 is 1.71 bits per heavy atom. The first-order chi connectivity index (χ1) is 18.4. The van der Waals surface area contributed by atoms with Crippen LogP contribution in [0.3, 0.4) is 0 Å². The van der Waals surface area contributed by atoms with Gasteiger partial charge in [0.25, 0.3) is 0 Å². The van der Waals surface area contributed by atoms with Crippen LogP contribution in [0, 0.1) is 5.92 Å². The van der Waals surface area contributed by atoms with Crippen LogP contribution < -0.4 is 4.74 Å². The Morgan fingerprint density at radius 1 is 0.974 bits per heavy atom. The van der Waals surface area contributed by atoms with Crippen molar-refractivity contribution >= 4 is 17.3 Å². The lowest BCUT2D eigenvalue weighted by Crippen LogP contribution is -2.08. The maximum absolute atomic E-state index is 13.5. The van der Waals surface area contributed by atoms with Crippen molar-refractivity contribution in [2.45, 2.75) is 65.4 Å². The van der Waals surface area contributed by atoms with E-state index in [0.29, 0.717) is 29.9 Å². The molecule has 0 aliphatic heterocycles. The molecule has 0 aliphatic carbocycles. The molecule has 4 aromatic rings. The van der Waals surface area contributed by atoms with Crippen LogP contribution in [0.4, 0.5) is 0 Å². The van der Waals surface area contributed by atoms with Crippen molar-refractivity contribution in [2.24, 2.45) is 5.92 Å². The third kappa shape index (κ3) is 6.71. The highest BCUT2D eigenvalue weighted by atomic mass is 16.5. The first-order valence-corrected chi connectivity index (χ1v) is 13.6. The quantitative estimate of drug-likeness (QED) is 0.187. The lowest BCUT2D eigenvalue weighted by Gasteiger charge is -2.20. The highest BCUT2D eigenvalue weighted by Crippen LogP contribution is 2.28. The number of ether oxygens (including phenoxy) is 1. The van der Waals surface area contributed by atoms with Gasteiger partial charge >= 0.3 is 5.97 Å². The number of carbonyl (C=O) groups is 2. The van der Waals surface area contributed by atoms with Gasteiger partial charge in [0.15, 0.2) is 5.78 Å². The normalized spacial score (nSPS) is 12.1. The second-order valence-electron chi connectivity index (χ2n) is 10.3. The highest BCUT2D eigenvalue weighted by Gasteiger charge is 2.18. The van der Waals surface area contributed by atoms with E-state index in [1.54, 1.807) is 0 Å². The molecule has 0 bridgehead atoms. The summed E-state index contributed by atoms with van der Waals surface area (Å²) in [5.74, 6) is 0.491. The lowest BCUT2D eigenvalue weighted by molar-refractivity contribution is -0.137. The molecule has 0 saturated heterocycles. The summed E-state index contributed by atoms with van der Waals surface area (Å²) in [6.45, 7) is 6.61. The number of hydrogen-bond donors (Lipinski definition) is 1. The van der Waals surface area contributed by atoms with Crippen molar-refractivity contribution in [1.82, 2.24) is 4.40 Å². The van der Waals surface area contributed by atoms with Crippen LogP contribution in [0.15, 0.2) is 79.0 Å². The van der Waals surface area contributed by atoms with Gasteiger partial charge in [0.05, 0.1) is 5.52 Å². The number of pyridine rings is 1. The molecule has 0 saturated carbocycles. The zero-order valence-electron chi connectivity index (χ0n) is 22.5. The molecule has 4 rings (SSSR count). The van der Waals surface area contributed by atoms with Crippen LogP contribution in [0.1, 0.15) is 85.3 Å². The molecule has 0 aliphatic rings. The standard InChI is InChI=1S/C33H37NO4/c1-4-8-31(25-14-12-24(13-15-25)21-23(2)3)38-28-18-16-26(17-19-28)33(37)29-22-27(9-7-11-32(35)36)34-20-6-5-10-30(29)34/h5-6,10,12-20,22-23,31H,4,7-9,11,21H2,1-3H3,(H,35,36)/t31-/m0/s1. The first-order valence-electron chi connectivity index (χ1n) is 13.6. The number of ketones is 1. The first kappa shape index (κ1) is 27.2. The van der Waals surface area contributed by atoms with Gasteiger partial charge in [0, 0.05) is 29.4 Å². The van der Waals surface area contributed by atoms with E-state index in [9.17, 15) is 9.59 Å². The number of benzene rings is 2. The van der Waals surface area contributed by atoms with Crippen molar-refractivity contribution in [3.05, 3.63) is 107 Å². The summed E-state index contributed by atoms with van der Waals surface area (Å²) in [4.78, 5) is 24.4. The number of rotatable bonds is 13. The van der Waals surface area contributed by atoms with Crippen LogP contribution in [0.2, 0.25) is 0 Å². The minimum absolute atomic E-state index is 0.0431. The lowest BCUT2D eigenvalue weighted by atomic mass is 9.99. The SMILES string of the molecule is CCC[C@H](Oc1ccc(C(=O)c2cc(CCCC(=O)O)n3ccccc23)cc1)c1ccc(CC(C)C)cc1. The van der Waals surface area contributed by atoms with Crippen molar-refractivity contribution < 1.29 is 19.4 Å². The molecule has 1 atom stereocenters. The molecule has 2 heterocycles. The summed E-state index contributed by atoms with van der Waals surface area (Å²) < 4.78 is 8.36. The third-order valence-corrected chi connectivity index (χ3v) is 6.77. The summed E-state index contributed by atoms with van der Waals surface area (Å²) in [6, 6.07) is 23.8. The molecule has 2 aromatic carbocycles. The molecular formula is C33H37NO4. The summed E-state index contributed by atoms with van der Waals surface area (Å²) in [7, 11) is 0. The maximum Gasteiger partial charge on any atom is 0.303 e. The molecule has 0 radical (unpaired) electrons. The predicted octanol–water partition coefficient (Wildman–Crippen LogP) is 7.70. The topological polar surface area (TPSA) is 68.0 Å². The Hall–Kier alpha value is -3.86. The van der Waals surface area contributed by atoms with Crippen molar-refractivity contribution in [3.8, 4) is 5.75 Å². The van der Waals surface area contributed by atoms with Crippen molar-refractivity contribution in [3.63, 3.8) is 0 Å². The largest absolute Gasteiger partial charge is 0.486 e. The average Bonchev–Trinajstić information content (AvgIpc) is 3.27. The van der Waals surface area contributed by atoms with E-state index < -0.39 is 5.97 Å². The smallest absolute Gasteiger partial charge is 0.303 e. The fraction of sp³-hybridized carbons (Fsp3) is 0.333. The Kier molecular flexibility index (Phi) is 9.01. The molecule has 1 N–H and O–H groups in total. The van der Waals surface area contributed by atoms with Gasteiger partial charge in [0.2, 0.25) is 0 Å². The molecule has 5 nitrogen and oxygen atoms in total. The van der Waals surface area contributed by atoms with E-state index in [1.807, 2.05) is 59.1 Å². The van der Waals surface area contributed by atoms with Gasteiger partial charge < -0.3 is 14.2 Å². The third-order valence-electron chi connectivity index (χ3n) is 6.77. The Morgan fingerprint density at radius 3 is 2.37 bits per heavy atom. The maximum atomic E-state index is 13.5. The minimum Gasteiger partial charge on any atom is -0.486 e.